The van der Waals surface area contributed by atoms with Gasteiger partial charge in [0.25, 0.3) is 5.91 Å². The zero-order chi connectivity index (χ0) is 16.8. The van der Waals surface area contributed by atoms with Crippen molar-refractivity contribution in [2.24, 2.45) is 18.4 Å². The standard InChI is InChI=1S/C17H24N4O2/c1-10-13(9-18-21(10)5)19-16(22)15-12-8-11(17(2,3)4)6-7-14(12)23-20-15/h9,11H,6-8H2,1-5H3,(H,19,22)/t11-/m1/s1. The summed E-state index contributed by atoms with van der Waals surface area (Å²) >= 11 is 0. The summed E-state index contributed by atoms with van der Waals surface area (Å²) in [6, 6.07) is 0. The molecule has 6 nitrogen and oxygen atoms in total. The predicted molar refractivity (Wildman–Crippen MR) is 87.4 cm³/mol. The Morgan fingerprint density at radius 3 is 2.78 bits per heavy atom. The zero-order valence-corrected chi connectivity index (χ0v) is 14.4. The number of hydrogen-bond donors (Lipinski definition) is 1. The highest BCUT2D eigenvalue weighted by atomic mass is 16.5. The summed E-state index contributed by atoms with van der Waals surface area (Å²) < 4.78 is 7.14. The van der Waals surface area contributed by atoms with Crippen molar-refractivity contribution in [2.45, 2.75) is 47.0 Å². The molecule has 1 aliphatic carbocycles. The maximum absolute atomic E-state index is 12.6. The summed E-state index contributed by atoms with van der Waals surface area (Å²) in [6.07, 6.45) is 4.42. The number of aryl methyl sites for hydroxylation is 2. The second kappa shape index (κ2) is 5.51. The Balaban J connectivity index is 1.84. The molecule has 124 valence electrons. The van der Waals surface area contributed by atoms with Gasteiger partial charge in [0.2, 0.25) is 0 Å². The van der Waals surface area contributed by atoms with Gasteiger partial charge in [-0.1, -0.05) is 25.9 Å². The van der Waals surface area contributed by atoms with Crippen LogP contribution in [0.5, 0.6) is 0 Å². The van der Waals surface area contributed by atoms with E-state index in [1.54, 1.807) is 10.9 Å². The van der Waals surface area contributed by atoms with Crippen LogP contribution in [0.4, 0.5) is 5.69 Å². The molecule has 0 fully saturated rings. The summed E-state index contributed by atoms with van der Waals surface area (Å²) in [5.41, 5.74) is 3.20. The average Bonchev–Trinajstić information content (AvgIpc) is 3.04. The van der Waals surface area contributed by atoms with Gasteiger partial charge in [-0.2, -0.15) is 5.10 Å². The topological polar surface area (TPSA) is 73.0 Å². The van der Waals surface area contributed by atoms with Crippen LogP contribution in [0, 0.1) is 18.3 Å². The minimum atomic E-state index is -0.222. The predicted octanol–water partition coefficient (Wildman–Crippen LogP) is 3.12. The van der Waals surface area contributed by atoms with Gasteiger partial charge in [-0.15, -0.1) is 0 Å². The normalized spacial score (nSPS) is 17.9. The summed E-state index contributed by atoms with van der Waals surface area (Å²) in [6.45, 7) is 8.65. The quantitative estimate of drug-likeness (QED) is 0.924. The maximum Gasteiger partial charge on any atom is 0.278 e. The van der Waals surface area contributed by atoms with E-state index in [1.807, 2.05) is 14.0 Å². The van der Waals surface area contributed by atoms with Crippen molar-refractivity contribution >= 4 is 11.6 Å². The van der Waals surface area contributed by atoms with Crippen LogP contribution < -0.4 is 5.32 Å². The number of carbonyl (C=O) groups is 1. The number of aromatic nitrogens is 3. The van der Waals surface area contributed by atoms with Crippen LogP contribution in [0.3, 0.4) is 0 Å². The highest BCUT2D eigenvalue weighted by molar-refractivity contribution is 6.04. The number of carbonyl (C=O) groups excluding carboxylic acids is 1. The number of amides is 1. The number of anilines is 1. The molecule has 0 saturated carbocycles. The molecule has 23 heavy (non-hydrogen) atoms. The Labute approximate surface area is 136 Å². The molecule has 0 spiro atoms. The van der Waals surface area contributed by atoms with Crippen LogP contribution in [0.15, 0.2) is 10.7 Å². The van der Waals surface area contributed by atoms with Gasteiger partial charge < -0.3 is 9.84 Å². The highest BCUT2D eigenvalue weighted by Gasteiger charge is 2.34. The molecule has 0 aromatic carbocycles. The van der Waals surface area contributed by atoms with Crippen molar-refractivity contribution in [3.63, 3.8) is 0 Å². The summed E-state index contributed by atoms with van der Waals surface area (Å²) in [7, 11) is 1.84. The summed E-state index contributed by atoms with van der Waals surface area (Å²) in [5.74, 6) is 1.17. The lowest BCUT2D eigenvalue weighted by molar-refractivity contribution is 0.101. The van der Waals surface area contributed by atoms with Gasteiger partial charge in [0.05, 0.1) is 17.6 Å². The molecule has 0 bridgehead atoms. The molecule has 2 aromatic rings. The van der Waals surface area contributed by atoms with E-state index in [9.17, 15) is 4.79 Å². The Kier molecular flexibility index (Phi) is 3.78. The smallest absolute Gasteiger partial charge is 0.278 e. The van der Waals surface area contributed by atoms with Gasteiger partial charge in [0.15, 0.2) is 5.69 Å². The number of fused-ring (bicyclic) bond motifs is 1. The third kappa shape index (κ3) is 2.90. The van der Waals surface area contributed by atoms with Gasteiger partial charge >= 0.3 is 0 Å². The molecule has 0 unspecified atom stereocenters. The molecule has 2 aromatic heterocycles. The molecular formula is C17H24N4O2. The molecule has 0 saturated heterocycles. The second-order valence-corrected chi connectivity index (χ2v) is 7.46. The molecule has 0 aliphatic heterocycles. The van der Waals surface area contributed by atoms with Gasteiger partial charge in [-0.25, -0.2) is 0 Å². The fourth-order valence-corrected chi connectivity index (χ4v) is 3.12. The first-order valence-electron chi connectivity index (χ1n) is 8.04. The fourth-order valence-electron chi connectivity index (χ4n) is 3.12. The van der Waals surface area contributed by atoms with Crippen molar-refractivity contribution in [3.8, 4) is 0 Å². The average molecular weight is 316 g/mol. The third-order valence-electron chi connectivity index (χ3n) is 4.96. The Morgan fingerprint density at radius 1 is 1.43 bits per heavy atom. The van der Waals surface area contributed by atoms with E-state index in [-0.39, 0.29) is 11.3 Å². The molecular weight excluding hydrogens is 292 g/mol. The molecule has 1 atom stereocenters. The lowest BCUT2D eigenvalue weighted by Crippen LogP contribution is -2.27. The van der Waals surface area contributed by atoms with Crippen LogP contribution in [0.1, 0.15) is 54.7 Å². The number of rotatable bonds is 2. The van der Waals surface area contributed by atoms with Crippen molar-refractivity contribution in [1.82, 2.24) is 14.9 Å². The first kappa shape index (κ1) is 15.8. The first-order valence-corrected chi connectivity index (χ1v) is 8.04. The van der Waals surface area contributed by atoms with Crippen molar-refractivity contribution in [1.29, 1.82) is 0 Å². The van der Waals surface area contributed by atoms with Crippen LogP contribution >= 0.6 is 0 Å². The van der Waals surface area contributed by atoms with Crippen molar-refractivity contribution < 1.29 is 9.32 Å². The highest BCUT2D eigenvalue weighted by Crippen LogP contribution is 2.38. The van der Waals surface area contributed by atoms with Gasteiger partial charge in [-0.05, 0) is 31.1 Å². The van der Waals surface area contributed by atoms with Crippen molar-refractivity contribution in [3.05, 3.63) is 28.9 Å². The molecule has 1 aliphatic rings. The van der Waals surface area contributed by atoms with E-state index in [2.05, 4.69) is 36.3 Å². The second-order valence-electron chi connectivity index (χ2n) is 7.46. The summed E-state index contributed by atoms with van der Waals surface area (Å²) in [5, 5.41) is 11.1. The molecule has 1 amide bonds. The fraction of sp³-hybridized carbons (Fsp3) is 0.588. The lowest BCUT2D eigenvalue weighted by atomic mass is 9.71. The van der Waals surface area contributed by atoms with Crippen LogP contribution in [-0.2, 0) is 19.9 Å². The minimum Gasteiger partial charge on any atom is -0.360 e. The largest absolute Gasteiger partial charge is 0.360 e. The molecule has 0 radical (unpaired) electrons. The van der Waals surface area contributed by atoms with Gasteiger partial charge in [0, 0.05) is 19.0 Å². The molecule has 3 rings (SSSR count). The summed E-state index contributed by atoms with van der Waals surface area (Å²) in [4.78, 5) is 12.6. The van der Waals surface area contributed by atoms with E-state index >= 15 is 0 Å². The molecule has 2 heterocycles. The number of nitrogens with zero attached hydrogens (tertiary/aromatic N) is 3. The van der Waals surface area contributed by atoms with E-state index in [0.717, 1.165) is 36.3 Å². The van der Waals surface area contributed by atoms with Crippen LogP contribution in [0.25, 0.3) is 0 Å². The maximum atomic E-state index is 12.6. The van der Waals surface area contributed by atoms with E-state index in [0.29, 0.717) is 17.3 Å². The third-order valence-corrected chi connectivity index (χ3v) is 4.96. The number of hydrogen-bond acceptors (Lipinski definition) is 4. The zero-order valence-electron chi connectivity index (χ0n) is 14.4. The minimum absolute atomic E-state index is 0.211. The number of nitrogens with one attached hydrogen (secondary N) is 1. The van der Waals surface area contributed by atoms with Crippen LogP contribution in [0.2, 0.25) is 0 Å². The van der Waals surface area contributed by atoms with E-state index < -0.39 is 0 Å². The molecule has 6 heteroatoms. The Hall–Kier alpha value is -2.11. The van der Waals surface area contributed by atoms with Crippen LogP contribution in [-0.4, -0.2) is 20.8 Å². The van der Waals surface area contributed by atoms with Gasteiger partial charge in [0.1, 0.15) is 5.76 Å². The SMILES string of the molecule is Cc1c(NC(=O)c2noc3c2C[C@H](C(C)(C)C)CC3)cnn1C. The van der Waals surface area contributed by atoms with Crippen molar-refractivity contribution in [2.75, 3.05) is 5.32 Å². The lowest BCUT2D eigenvalue weighted by Gasteiger charge is -2.33. The van der Waals surface area contributed by atoms with Gasteiger partial charge in [-0.3, -0.25) is 9.48 Å². The first-order chi connectivity index (χ1) is 10.8. The van der Waals surface area contributed by atoms with E-state index in [1.165, 1.54) is 0 Å². The monoisotopic (exact) mass is 316 g/mol. The Morgan fingerprint density at radius 2 is 2.17 bits per heavy atom. The molecule has 1 N–H and O–H groups in total. The van der Waals surface area contributed by atoms with E-state index in [4.69, 9.17) is 4.52 Å². The Bertz CT molecular complexity index is 736.